The normalized spacial score (nSPS) is 12.0. The number of nitrogens with zero attached hydrogens (tertiary/aromatic N) is 2. The van der Waals surface area contributed by atoms with E-state index in [4.69, 9.17) is 14.4 Å². The van der Waals surface area contributed by atoms with Gasteiger partial charge in [0.05, 0.1) is 11.0 Å². The average molecular weight is 529 g/mol. The molecule has 0 unspecified atom stereocenters. The molecule has 6 aromatic carbocycles. The fraction of sp³-hybridized carbons (Fsp3) is 0. The van der Waals surface area contributed by atoms with Gasteiger partial charge in [-0.2, -0.15) is 0 Å². The Morgan fingerprint density at radius 2 is 1.18 bits per heavy atom. The molecule has 40 heavy (non-hydrogen) atoms. The number of hydrogen-bond donors (Lipinski definition) is 0. The largest absolute Gasteiger partial charge is 0.436 e. The lowest BCUT2D eigenvalue weighted by atomic mass is 9.92. The van der Waals surface area contributed by atoms with E-state index in [-0.39, 0.29) is 0 Å². The highest BCUT2D eigenvalue weighted by molar-refractivity contribution is 7.26. The van der Waals surface area contributed by atoms with Crippen LogP contribution in [-0.2, 0) is 0 Å². The molecule has 0 radical (unpaired) electrons. The quantitative estimate of drug-likeness (QED) is 0.224. The fourth-order valence-corrected chi connectivity index (χ4v) is 7.29. The third-order valence-corrected chi connectivity index (χ3v) is 9.13. The molecule has 9 aromatic rings. The Morgan fingerprint density at radius 3 is 2.05 bits per heavy atom. The van der Waals surface area contributed by atoms with E-state index in [1.54, 1.807) is 0 Å². The average Bonchev–Trinajstić information content (AvgIpc) is 3.57. The van der Waals surface area contributed by atoms with Gasteiger partial charge >= 0.3 is 0 Å². The van der Waals surface area contributed by atoms with Crippen LogP contribution in [0, 0.1) is 0 Å². The molecule has 9 rings (SSSR count). The van der Waals surface area contributed by atoms with Crippen molar-refractivity contribution in [1.82, 2.24) is 9.97 Å². The van der Waals surface area contributed by atoms with E-state index in [1.165, 1.54) is 47.6 Å². The van der Waals surface area contributed by atoms with Crippen molar-refractivity contribution in [2.45, 2.75) is 0 Å². The van der Waals surface area contributed by atoms with Gasteiger partial charge in [-0.15, -0.1) is 11.3 Å². The van der Waals surface area contributed by atoms with E-state index in [2.05, 4.69) is 91.0 Å². The zero-order valence-electron chi connectivity index (χ0n) is 21.3. The monoisotopic (exact) mass is 528 g/mol. The standard InChI is InChI=1S/C36H20N2OS/c1-4-17-33-26(8-1)28-14-7-13-27(35(28)40-33)25-12-6-10-23-22(9-5-11-24(23)25)21-18-19-32-29(20-21)34-36(39-32)38-31-16-3-2-15-30(31)37-34/h1-20H. The second-order valence-electron chi connectivity index (χ2n) is 10.2. The van der Waals surface area contributed by atoms with Gasteiger partial charge in [0.25, 0.3) is 0 Å². The summed E-state index contributed by atoms with van der Waals surface area (Å²) in [5.41, 5.74) is 8.73. The van der Waals surface area contributed by atoms with Crippen LogP contribution in [0.2, 0.25) is 0 Å². The Balaban J connectivity index is 1.27. The SMILES string of the molecule is c1ccc2nc3c(nc2c1)oc1ccc(-c2cccc4c(-c5cccc6c5sc5ccccc56)cccc24)cc13. The van der Waals surface area contributed by atoms with Gasteiger partial charge in [0.1, 0.15) is 11.1 Å². The highest BCUT2D eigenvalue weighted by atomic mass is 32.1. The maximum Gasteiger partial charge on any atom is 0.246 e. The van der Waals surface area contributed by atoms with Crippen molar-refractivity contribution in [3.05, 3.63) is 121 Å². The minimum atomic E-state index is 0.572. The summed E-state index contributed by atoms with van der Waals surface area (Å²) in [5.74, 6) is 0. The van der Waals surface area contributed by atoms with Gasteiger partial charge in [-0.3, -0.25) is 0 Å². The molecule has 3 aromatic heterocycles. The van der Waals surface area contributed by atoms with Crippen molar-refractivity contribution < 1.29 is 4.42 Å². The van der Waals surface area contributed by atoms with E-state index in [0.29, 0.717) is 5.71 Å². The summed E-state index contributed by atoms with van der Waals surface area (Å²) in [7, 11) is 0. The molecular weight excluding hydrogens is 508 g/mol. The summed E-state index contributed by atoms with van der Waals surface area (Å²) in [6, 6.07) is 42.9. The molecule has 0 fully saturated rings. The minimum absolute atomic E-state index is 0.572. The summed E-state index contributed by atoms with van der Waals surface area (Å²) >= 11 is 1.87. The number of rotatable bonds is 2. The number of hydrogen-bond acceptors (Lipinski definition) is 4. The highest BCUT2D eigenvalue weighted by Crippen LogP contribution is 2.43. The minimum Gasteiger partial charge on any atom is -0.436 e. The smallest absolute Gasteiger partial charge is 0.246 e. The van der Waals surface area contributed by atoms with E-state index in [9.17, 15) is 0 Å². The summed E-state index contributed by atoms with van der Waals surface area (Å²) in [5, 5.41) is 6.09. The molecule has 0 N–H and O–H groups in total. The number of para-hydroxylation sites is 2. The van der Waals surface area contributed by atoms with Gasteiger partial charge in [-0.05, 0) is 57.8 Å². The van der Waals surface area contributed by atoms with Crippen LogP contribution in [0.15, 0.2) is 126 Å². The summed E-state index contributed by atoms with van der Waals surface area (Å²) < 4.78 is 8.76. The van der Waals surface area contributed by atoms with E-state index in [0.717, 1.165) is 33.1 Å². The Bertz CT molecular complexity index is 2450. The second-order valence-corrected chi connectivity index (χ2v) is 11.2. The van der Waals surface area contributed by atoms with Crippen LogP contribution >= 0.6 is 11.3 Å². The molecule has 0 saturated carbocycles. The zero-order chi connectivity index (χ0) is 26.2. The lowest BCUT2D eigenvalue weighted by molar-refractivity contribution is 0.655. The van der Waals surface area contributed by atoms with Crippen LogP contribution < -0.4 is 0 Å². The van der Waals surface area contributed by atoms with Crippen molar-refractivity contribution in [1.29, 1.82) is 0 Å². The van der Waals surface area contributed by atoms with Gasteiger partial charge in [0.2, 0.25) is 5.71 Å². The topological polar surface area (TPSA) is 38.9 Å². The molecular formula is C36H20N2OS. The second kappa shape index (κ2) is 8.22. The fourth-order valence-electron chi connectivity index (χ4n) is 6.06. The molecule has 0 bridgehead atoms. The number of benzene rings is 6. The molecule has 0 aliphatic heterocycles. The molecule has 0 saturated heterocycles. The Hall–Kier alpha value is -5.06. The van der Waals surface area contributed by atoms with Crippen LogP contribution in [-0.4, -0.2) is 9.97 Å². The lowest BCUT2D eigenvalue weighted by Gasteiger charge is -2.12. The van der Waals surface area contributed by atoms with Gasteiger partial charge < -0.3 is 4.42 Å². The van der Waals surface area contributed by atoms with Gasteiger partial charge in [-0.25, -0.2) is 9.97 Å². The summed E-state index contributed by atoms with van der Waals surface area (Å²) in [6.45, 7) is 0. The predicted molar refractivity (Wildman–Crippen MR) is 168 cm³/mol. The summed E-state index contributed by atoms with van der Waals surface area (Å²) in [6.07, 6.45) is 0. The Kier molecular flexibility index (Phi) is 4.48. The maximum atomic E-state index is 6.11. The first-order valence-corrected chi connectivity index (χ1v) is 14.2. The van der Waals surface area contributed by atoms with Gasteiger partial charge in [-0.1, -0.05) is 91.0 Å². The van der Waals surface area contributed by atoms with Crippen molar-refractivity contribution in [2.24, 2.45) is 0 Å². The van der Waals surface area contributed by atoms with Crippen LogP contribution in [0.4, 0.5) is 0 Å². The highest BCUT2D eigenvalue weighted by Gasteiger charge is 2.16. The first-order chi connectivity index (χ1) is 19.8. The molecule has 3 nitrogen and oxygen atoms in total. The van der Waals surface area contributed by atoms with E-state index >= 15 is 0 Å². The van der Waals surface area contributed by atoms with E-state index < -0.39 is 0 Å². The first-order valence-electron chi connectivity index (χ1n) is 13.3. The Morgan fingerprint density at radius 1 is 0.500 bits per heavy atom. The van der Waals surface area contributed by atoms with Crippen LogP contribution in [0.5, 0.6) is 0 Å². The molecule has 4 heteroatoms. The van der Waals surface area contributed by atoms with Crippen molar-refractivity contribution >= 4 is 75.5 Å². The van der Waals surface area contributed by atoms with Gasteiger partial charge in [0, 0.05) is 31.1 Å². The number of furan rings is 1. The van der Waals surface area contributed by atoms with Crippen molar-refractivity contribution in [3.8, 4) is 22.3 Å². The van der Waals surface area contributed by atoms with Crippen LogP contribution in [0.1, 0.15) is 0 Å². The number of aromatic nitrogens is 2. The van der Waals surface area contributed by atoms with Crippen molar-refractivity contribution in [2.75, 3.05) is 0 Å². The third kappa shape index (κ3) is 3.11. The number of thiophene rings is 1. The molecule has 3 heterocycles. The maximum absolute atomic E-state index is 6.11. The van der Waals surface area contributed by atoms with Crippen LogP contribution in [0.3, 0.4) is 0 Å². The third-order valence-electron chi connectivity index (χ3n) is 7.91. The molecule has 0 atom stereocenters. The zero-order valence-corrected chi connectivity index (χ0v) is 22.1. The predicted octanol–water partition coefficient (Wildman–Crippen LogP) is 10.4. The van der Waals surface area contributed by atoms with E-state index in [1.807, 2.05) is 41.7 Å². The molecule has 0 aliphatic carbocycles. The van der Waals surface area contributed by atoms with Gasteiger partial charge in [0.15, 0.2) is 0 Å². The number of fused-ring (bicyclic) bond motifs is 8. The van der Waals surface area contributed by atoms with Crippen molar-refractivity contribution in [3.63, 3.8) is 0 Å². The molecule has 186 valence electrons. The van der Waals surface area contributed by atoms with Crippen LogP contribution in [0.25, 0.3) is 86.4 Å². The Labute approximate surface area is 233 Å². The summed E-state index contributed by atoms with van der Waals surface area (Å²) in [4.78, 5) is 9.63. The lowest BCUT2D eigenvalue weighted by Crippen LogP contribution is -1.86. The first kappa shape index (κ1) is 21.8. The molecule has 0 spiro atoms. The molecule has 0 amide bonds. The molecule has 0 aliphatic rings.